The highest BCUT2D eigenvalue weighted by Gasteiger charge is 2.32. The number of aromatic carboxylic acids is 1. The van der Waals surface area contributed by atoms with Gasteiger partial charge in [-0.2, -0.15) is 0 Å². The van der Waals surface area contributed by atoms with Crippen LogP contribution in [0.3, 0.4) is 0 Å². The summed E-state index contributed by atoms with van der Waals surface area (Å²) in [4.78, 5) is 15.6. The first-order valence-electron chi connectivity index (χ1n) is 6.37. The van der Waals surface area contributed by atoms with Crippen molar-refractivity contribution in [2.75, 3.05) is 11.9 Å². The van der Waals surface area contributed by atoms with E-state index in [1.54, 1.807) is 6.07 Å². The summed E-state index contributed by atoms with van der Waals surface area (Å²) in [7, 11) is 0. The number of nitrogens with one attached hydrogen (secondary N) is 1. The first-order chi connectivity index (χ1) is 8.41. The first-order valence-corrected chi connectivity index (χ1v) is 6.37. The average Bonchev–Trinajstić information content (AvgIpc) is 2.22. The molecule has 1 saturated carbocycles. The van der Waals surface area contributed by atoms with Gasteiger partial charge < -0.3 is 10.4 Å². The van der Waals surface area contributed by atoms with Gasteiger partial charge >= 0.3 is 5.97 Å². The first kappa shape index (κ1) is 12.9. The van der Waals surface area contributed by atoms with Gasteiger partial charge in [0, 0.05) is 12.2 Å². The Kier molecular flexibility index (Phi) is 3.28. The number of carboxylic acids is 1. The van der Waals surface area contributed by atoms with Gasteiger partial charge in [-0.15, -0.1) is 0 Å². The summed E-state index contributed by atoms with van der Waals surface area (Å²) in [5.41, 5.74) is 2.20. The van der Waals surface area contributed by atoms with Crippen molar-refractivity contribution in [3.63, 3.8) is 0 Å². The summed E-state index contributed by atoms with van der Waals surface area (Å²) >= 11 is 0. The predicted molar refractivity (Wildman–Crippen MR) is 71.1 cm³/mol. The molecule has 4 heteroatoms. The maximum absolute atomic E-state index is 11.3. The Morgan fingerprint density at radius 1 is 1.50 bits per heavy atom. The Balaban J connectivity index is 2.22. The number of anilines is 1. The maximum Gasteiger partial charge on any atom is 0.339 e. The van der Waals surface area contributed by atoms with E-state index in [1.807, 2.05) is 13.8 Å². The molecule has 2 N–H and O–H groups in total. The molecule has 0 amide bonds. The van der Waals surface area contributed by atoms with Crippen LogP contribution in [0.2, 0.25) is 0 Å². The van der Waals surface area contributed by atoms with Crippen LogP contribution < -0.4 is 5.32 Å². The molecule has 0 saturated heterocycles. The molecule has 1 heterocycles. The molecule has 2 rings (SSSR count). The van der Waals surface area contributed by atoms with Crippen LogP contribution in [0.5, 0.6) is 0 Å². The highest BCUT2D eigenvalue weighted by Crippen LogP contribution is 2.40. The van der Waals surface area contributed by atoms with Crippen LogP contribution in [0.1, 0.15) is 47.8 Å². The van der Waals surface area contributed by atoms with Gasteiger partial charge in [-0.25, -0.2) is 9.78 Å². The van der Waals surface area contributed by atoms with Gasteiger partial charge in [0.25, 0.3) is 0 Å². The molecule has 0 aliphatic heterocycles. The fourth-order valence-electron chi connectivity index (χ4n) is 2.49. The molecule has 4 nitrogen and oxygen atoms in total. The van der Waals surface area contributed by atoms with Crippen molar-refractivity contribution in [2.45, 2.75) is 40.0 Å². The lowest BCUT2D eigenvalue weighted by atomic mass is 9.70. The molecule has 1 aromatic rings. The molecule has 18 heavy (non-hydrogen) atoms. The third-order valence-corrected chi connectivity index (χ3v) is 3.80. The minimum atomic E-state index is -0.915. The molecular formula is C14H20N2O2. The van der Waals surface area contributed by atoms with E-state index in [4.69, 9.17) is 0 Å². The van der Waals surface area contributed by atoms with Gasteiger partial charge in [0.1, 0.15) is 11.4 Å². The molecular weight excluding hydrogens is 228 g/mol. The van der Waals surface area contributed by atoms with Crippen molar-refractivity contribution in [3.8, 4) is 0 Å². The van der Waals surface area contributed by atoms with Crippen molar-refractivity contribution >= 4 is 11.8 Å². The van der Waals surface area contributed by atoms with Gasteiger partial charge in [0.15, 0.2) is 0 Å². The molecule has 1 fully saturated rings. The zero-order valence-electron chi connectivity index (χ0n) is 11.2. The van der Waals surface area contributed by atoms with Crippen molar-refractivity contribution in [1.82, 2.24) is 4.98 Å². The second-order valence-electron chi connectivity index (χ2n) is 5.63. The SMILES string of the molecule is Cc1cc(C)c(C(=O)O)c(NCC2(C)CCC2)n1. The summed E-state index contributed by atoms with van der Waals surface area (Å²) in [6.07, 6.45) is 3.67. The Morgan fingerprint density at radius 2 is 2.17 bits per heavy atom. The van der Waals surface area contributed by atoms with E-state index < -0.39 is 5.97 Å². The van der Waals surface area contributed by atoms with Crippen molar-refractivity contribution in [3.05, 3.63) is 22.9 Å². The van der Waals surface area contributed by atoms with E-state index in [2.05, 4.69) is 17.2 Å². The molecule has 0 atom stereocenters. The molecule has 1 aliphatic carbocycles. The molecule has 0 unspecified atom stereocenters. The average molecular weight is 248 g/mol. The van der Waals surface area contributed by atoms with Gasteiger partial charge in [0.2, 0.25) is 0 Å². The number of carboxylic acid groups (broad SMARTS) is 1. The topological polar surface area (TPSA) is 62.2 Å². The molecule has 98 valence electrons. The lowest BCUT2D eigenvalue weighted by Gasteiger charge is -2.38. The van der Waals surface area contributed by atoms with Gasteiger partial charge in [0.05, 0.1) is 0 Å². The smallest absolute Gasteiger partial charge is 0.339 e. The minimum Gasteiger partial charge on any atom is -0.478 e. The Bertz CT molecular complexity index is 479. The fraction of sp³-hybridized carbons (Fsp3) is 0.571. The fourth-order valence-corrected chi connectivity index (χ4v) is 2.49. The van der Waals surface area contributed by atoms with E-state index >= 15 is 0 Å². The second kappa shape index (κ2) is 4.59. The second-order valence-corrected chi connectivity index (χ2v) is 5.63. The van der Waals surface area contributed by atoms with Crippen LogP contribution in [0, 0.1) is 19.3 Å². The van der Waals surface area contributed by atoms with Crippen LogP contribution in [-0.4, -0.2) is 22.6 Å². The quantitative estimate of drug-likeness (QED) is 0.859. The summed E-state index contributed by atoms with van der Waals surface area (Å²) in [5, 5.41) is 12.5. The number of nitrogens with zero attached hydrogens (tertiary/aromatic N) is 1. The maximum atomic E-state index is 11.3. The summed E-state index contributed by atoms with van der Waals surface area (Å²) in [6, 6.07) is 1.81. The Hall–Kier alpha value is -1.58. The third-order valence-electron chi connectivity index (χ3n) is 3.80. The Labute approximate surface area is 107 Å². The summed E-state index contributed by atoms with van der Waals surface area (Å²) < 4.78 is 0. The number of carbonyl (C=O) groups is 1. The van der Waals surface area contributed by atoms with E-state index in [0.29, 0.717) is 16.8 Å². The zero-order valence-corrected chi connectivity index (χ0v) is 11.2. The number of hydrogen-bond acceptors (Lipinski definition) is 3. The molecule has 0 spiro atoms. The third kappa shape index (κ3) is 2.47. The molecule has 1 aromatic heterocycles. The molecule has 0 aromatic carbocycles. The lowest BCUT2D eigenvalue weighted by molar-refractivity contribution is 0.0696. The number of pyridine rings is 1. The van der Waals surface area contributed by atoms with Crippen molar-refractivity contribution < 1.29 is 9.90 Å². The number of aryl methyl sites for hydroxylation is 2. The van der Waals surface area contributed by atoms with Crippen LogP contribution in [-0.2, 0) is 0 Å². The van der Waals surface area contributed by atoms with Crippen LogP contribution in [0.25, 0.3) is 0 Å². The van der Waals surface area contributed by atoms with Gasteiger partial charge in [-0.05, 0) is 43.7 Å². The number of hydrogen-bond donors (Lipinski definition) is 2. The van der Waals surface area contributed by atoms with E-state index in [9.17, 15) is 9.90 Å². The van der Waals surface area contributed by atoms with Crippen molar-refractivity contribution in [2.24, 2.45) is 5.41 Å². The van der Waals surface area contributed by atoms with E-state index in [-0.39, 0.29) is 0 Å². The van der Waals surface area contributed by atoms with Gasteiger partial charge in [-0.1, -0.05) is 13.3 Å². The Morgan fingerprint density at radius 3 is 2.67 bits per heavy atom. The molecule has 1 aliphatic rings. The van der Waals surface area contributed by atoms with Crippen LogP contribution in [0.15, 0.2) is 6.07 Å². The lowest BCUT2D eigenvalue weighted by Crippen LogP contribution is -2.34. The molecule has 0 bridgehead atoms. The largest absolute Gasteiger partial charge is 0.478 e. The summed E-state index contributed by atoms with van der Waals surface area (Å²) in [6.45, 7) is 6.72. The minimum absolute atomic E-state index is 0.295. The summed E-state index contributed by atoms with van der Waals surface area (Å²) in [5.74, 6) is -0.408. The number of aromatic nitrogens is 1. The predicted octanol–water partition coefficient (Wildman–Crippen LogP) is 3.00. The van der Waals surface area contributed by atoms with Crippen LogP contribution >= 0.6 is 0 Å². The normalized spacial score (nSPS) is 17.1. The van der Waals surface area contributed by atoms with Crippen molar-refractivity contribution in [1.29, 1.82) is 0 Å². The van der Waals surface area contributed by atoms with E-state index in [0.717, 1.165) is 17.8 Å². The van der Waals surface area contributed by atoms with Gasteiger partial charge in [-0.3, -0.25) is 0 Å². The monoisotopic (exact) mass is 248 g/mol. The molecule has 0 radical (unpaired) electrons. The zero-order chi connectivity index (χ0) is 13.3. The number of rotatable bonds is 4. The highest BCUT2D eigenvalue weighted by molar-refractivity contribution is 5.94. The standard InChI is InChI=1S/C14H20N2O2/c1-9-7-10(2)16-12(11(9)13(17)18)15-8-14(3)5-4-6-14/h7H,4-6,8H2,1-3H3,(H,15,16)(H,17,18). The van der Waals surface area contributed by atoms with Crippen LogP contribution in [0.4, 0.5) is 5.82 Å². The highest BCUT2D eigenvalue weighted by atomic mass is 16.4. The van der Waals surface area contributed by atoms with E-state index in [1.165, 1.54) is 19.3 Å².